The number of carbonyl (C=O) groups is 1. The second kappa shape index (κ2) is 3.70. The number of hydrogen-bond donors (Lipinski definition) is 1. The maximum atomic E-state index is 11.6. The zero-order valence-corrected chi connectivity index (χ0v) is 9.78. The first-order chi connectivity index (χ1) is 7.53. The lowest BCUT2D eigenvalue weighted by atomic mass is 9.94. The predicted molar refractivity (Wildman–Crippen MR) is 62.3 cm³/mol. The molecular weight excluding hydrogens is 204 g/mol. The van der Waals surface area contributed by atoms with E-state index in [4.69, 9.17) is 4.74 Å². The zero-order valence-electron chi connectivity index (χ0n) is 9.78. The fraction of sp³-hybridized carbons (Fsp3) is 0.417. The van der Waals surface area contributed by atoms with E-state index in [0.29, 0.717) is 6.54 Å². The van der Waals surface area contributed by atoms with Gasteiger partial charge in [-0.3, -0.25) is 15.2 Å². The van der Waals surface area contributed by atoms with Gasteiger partial charge < -0.3 is 4.74 Å². The molecule has 1 saturated heterocycles. The largest absolute Gasteiger partial charge is 0.497 e. The van der Waals surface area contributed by atoms with Crippen LogP contribution in [0.2, 0.25) is 0 Å². The Labute approximate surface area is 95.2 Å². The number of anilines is 1. The molecule has 1 fully saturated rings. The molecule has 0 aliphatic carbocycles. The molecule has 0 bridgehead atoms. The molecule has 86 valence electrons. The molecule has 4 nitrogen and oxygen atoms in total. The molecule has 0 radical (unpaired) electrons. The molecule has 1 aliphatic heterocycles. The Bertz CT molecular complexity index is 398. The molecule has 1 aliphatic rings. The molecule has 0 saturated carbocycles. The number of methoxy groups -OCH3 is 1. The van der Waals surface area contributed by atoms with Gasteiger partial charge in [0.1, 0.15) is 5.75 Å². The van der Waals surface area contributed by atoms with E-state index in [1.807, 2.05) is 43.1 Å². The average molecular weight is 220 g/mol. The molecule has 1 heterocycles. The number of benzene rings is 1. The van der Waals surface area contributed by atoms with Gasteiger partial charge in [-0.25, -0.2) is 0 Å². The minimum absolute atomic E-state index is 0.0586. The number of nitrogens with one attached hydrogen (secondary N) is 1. The lowest BCUT2D eigenvalue weighted by molar-refractivity contribution is -0.125. The van der Waals surface area contributed by atoms with Crippen LogP contribution >= 0.6 is 0 Å². The molecule has 4 heteroatoms. The van der Waals surface area contributed by atoms with E-state index >= 15 is 0 Å². The lowest BCUT2D eigenvalue weighted by Crippen LogP contribution is -2.33. The van der Waals surface area contributed by atoms with Gasteiger partial charge in [0.15, 0.2) is 0 Å². The number of amides is 1. The van der Waals surface area contributed by atoms with Crippen LogP contribution in [0.15, 0.2) is 24.3 Å². The van der Waals surface area contributed by atoms with Gasteiger partial charge in [0, 0.05) is 0 Å². The summed E-state index contributed by atoms with van der Waals surface area (Å²) < 4.78 is 5.09. The van der Waals surface area contributed by atoms with Gasteiger partial charge >= 0.3 is 0 Å². The summed E-state index contributed by atoms with van der Waals surface area (Å²) in [5, 5.41) is 1.86. The highest BCUT2D eigenvalue weighted by Crippen LogP contribution is 2.27. The molecule has 1 aromatic rings. The molecule has 1 aromatic carbocycles. The third-order valence-electron chi connectivity index (χ3n) is 2.79. The Hall–Kier alpha value is -1.71. The summed E-state index contributed by atoms with van der Waals surface area (Å²) in [5.41, 5.74) is 3.49. The van der Waals surface area contributed by atoms with Crippen molar-refractivity contribution in [2.45, 2.75) is 13.8 Å². The molecule has 1 amide bonds. The van der Waals surface area contributed by atoms with Crippen LogP contribution in [0.3, 0.4) is 0 Å². The molecule has 16 heavy (non-hydrogen) atoms. The molecular formula is C12H16N2O2. The lowest BCUT2D eigenvalue weighted by Gasteiger charge is -2.18. The van der Waals surface area contributed by atoms with Gasteiger partial charge in [-0.05, 0) is 38.1 Å². The number of nitrogens with zero attached hydrogens (tertiary/aromatic N) is 1. The van der Waals surface area contributed by atoms with Crippen LogP contribution in [0.1, 0.15) is 13.8 Å². The van der Waals surface area contributed by atoms with Crippen molar-refractivity contribution in [2.75, 3.05) is 18.7 Å². The van der Waals surface area contributed by atoms with Gasteiger partial charge in [0.25, 0.3) is 0 Å². The summed E-state index contributed by atoms with van der Waals surface area (Å²) in [5.74, 6) is 0.872. The van der Waals surface area contributed by atoms with E-state index in [0.717, 1.165) is 11.4 Å². The second-order valence-corrected chi connectivity index (χ2v) is 4.61. The number of rotatable bonds is 2. The average Bonchev–Trinajstić information content (AvgIpc) is 2.54. The number of carbonyl (C=O) groups excluding carboxylic acids is 1. The van der Waals surface area contributed by atoms with Crippen LogP contribution in [0.4, 0.5) is 5.69 Å². The molecule has 0 spiro atoms. The Morgan fingerprint density at radius 2 is 1.94 bits per heavy atom. The van der Waals surface area contributed by atoms with Crippen molar-refractivity contribution in [2.24, 2.45) is 5.41 Å². The fourth-order valence-electron chi connectivity index (χ4n) is 1.70. The first-order valence-electron chi connectivity index (χ1n) is 5.25. The summed E-state index contributed by atoms with van der Waals surface area (Å²) >= 11 is 0. The van der Waals surface area contributed by atoms with Crippen molar-refractivity contribution in [3.8, 4) is 5.75 Å². The van der Waals surface area contributed by atoms with Crippen molar-refractivity contribution in [3.05, 3.63) is 24.3 Å². The Morgan fingerprint density at radius 1 is 1.31 bits per heavy atom. The highest BCUT2D eigenvalue weighted by Gasteiger charge is 2.37. The van der Waals surface area contributed by atoms with E-state index in [9.17, 15) is 4.79 Å². The Morgan fingerprint density at radius 3 is 2.38 bits per heavy atom. The molecule has 0 atom stereocenters. The predicted octanol–water partition coefficient (Wildman–Crippen LogP) is 1.57. The van der Waals surface area contributed by atoms with E-state index in [2.05, 4.69) is 5.43 Å². The third kappa shape index (κ3) is 1.83. The van der Waals surface area contributed by atoms with Crippen LogP contribution in [-0.2, 0) is 4.79 Å². The van der Waals surface area contributed by atoms with E-state index < -0.39 is 0 Å². The van der Waals surface area contributed by atoms with Gasteiger partial charge in [-0.1, -0.05) is 0 Å². The van der Waals surface area contributed by atoms with E-state index in [1.165, 1.54) is 0 Å². The number of ether oxygens (including phenoxy) is 1. The van der Waals surface area contributed by atoms with Crippen LogP contribution in [0.25, 0.3) is 0 Å². The van der Waals surface area contributed by atoms with Gasteiger partial charge in [0.2, 0.25) is 5.91 Å². The minimum atomic E-state index is -0.333. The summed E-state index contributed by atoms with van der Waals surface area (Å²) in [6, 6.07) is 7.63. The van der Waals surface area contributed by atoms with Crippen molar-refractivity contribution in [1.82, 2.24) is 5.43 Å². The van der Waals surface area contributed by atoms with Crippen LogP contribution in [-0.4, -0.2) is 19.6 Å². The fourth-order valence-corrected chi connectivity index (χ4v) is 1.70. The Balaban J connectivity index is 2.17. The summed E-state index contributed by atoms with van der Waals surface area (Å²) in [4.78, 5) is 11.6. The van der Waals surface area contributed by atoms with Crippen LogP contribution in [0, 0.1) is 5.41 Å². The van der Waals surface area contributed by atoms with Gasteiger partial charge in [-0.2, -0.15) is 0 Å². The number of hydrazine groups is 1. The smallest absolute Gasteiger partial charge is 0.246 e. The first-order valence-corrected chi connectivity index (χ1v) is 5.25. The second-order valence-electron chi connectivity index (χ2n) is 4.61. The zero-order chi connectivity index (χ0) is 11.8. The molecule has 2 rings (SSSR count). The van der Waals surface area contributed by atoms with Crippen molar-refractivity contribution < 1.29 is 9.53 Å². The topological polar surface area (TPSA) is 41.6 Å². The number of hydrogen-bond acceptors (Lipinski definition) is 3. The molecule has 1 N–H and O–H groups in total. The first kappa shape index (κ1) is 10.8. The minimum Gasteiger partial charge on any atom is -0.497 e. The van der Waals surface area contributed by atoms with Gasteiger partial charge in [0.05, 0.1) is 24.8 Å². The highest BCUT2D eigenvalue weighted by molar-refractivity contribution is 5.87. The Kier molecular flexibility index (Phi) is 2.50. The summed E-state index contributed by atoms with van der Waals surface area (Å²) in [6.07, 6.45) is 0. The van der Waals surface area contributed by atoms with Crippen molar-refractivity contribution >= 4 is 11.6 Å². The maximum absolute atomic E-state index is 11.6. The van der Waals surface area contributed by atoms with Crippen LogP contribution in [0.5, 0.6) is 5.75 Å². The van der Waals surface area contributed by atoms with Gasteiger partial charge in [-0.15, -0.1) is 0 Å². The monoisotopic (exact) mass is 220 g/mol. The molecule has 0 unspecified atom stereocenters. The third-order valence-corrected chi connectivity index (χ3v) is 2.79. The van der Waals surface area contributed by atoms with Crippen molar-refractivity contribution in [1.29, 1.82) is 0 Å². The highest BCUT2D eigenvalue weighted by atomic mass is 16.5. The summed E-state index contributed by atoms with van der Waals surface area (Å²) in [7, 11) is 1.63. The standard InChI is InChI=1S/C12H16N2O2/c1-12(2)8-14(13-11(12)15)9-4-6-10(16-3)7-5-9/h4-7H,8H2,1-3H3,(H,13,15). The van der Waals surface area contributed by atoms with E-state index in [-0.39, 0.29) is 11.3 Å². The normalized spacial score (nSPS) is 18.4. The maximum Gasteiger partial charge on any atom is 0.246 e. The van der Waals surface area contributed by atoms with Crippen molar-refractivity contribution in [3.63, 3.8) is 0 Å². The SMILES string of the molecule is COc1ccc(N2CC(C)(C)C(=O)N2)cc1. The quantitative estimate of drug-likeness (QED) is 0.822. The van der Waals surface area contributed by atoms with Crippen LogP contribution < -0.4 is 15.2 Å². The van der Waals surface area contributed by atoms with E-state index in [1.54, 1.807) is 7.11 Å². The molecule has 0 aromatic heterocycles. The summed E-state index contributed by atoms with van der Waals surface area (Å²) in [6.45, 7) is 4.55.